The van der Waals surface area contributed by atoms with Crippen molar-refractivity contribution in [1.29, 1.82) is 0 Å². The number of fused-ring (bicyclic) bond motifs is 1. The highest BCUT2D eigenvalue weighted by molar-refractivity contribution is 6.07. The summed E-state index contributed by atoms with van der Waals surface area (Å²) >= 11 is 0. The van der Waals surface area contributed by atoms with Gasteiger partial charge in [-0.05, 0) is 32.0 Å². The van der Waals surface area contributed by atoms with E-state index >= 15 is 0 Å². The molecule has 2 aliphatic rings. The standard InChI is InChI=1S/C13H17N3/c1-2-4-12-11(3-1)13(16-9-15-12)10-5-7-14-8-6-10/h1-4,10,14-15H,5-9H2. The SMILES string of the molecule is c1ccc2c(c1)NCN=C2C1CCNCC1. The second-order valence-corrected chi connectivity index (χ2v) is 4.45. The molecular formula is C13H17N3. The van der Waals surface area contributed by atoms with Crippen LogP contribution in [0.25, 0.3) is 0 Å². The maximum atomic E-state index is 4.67. The van der Waals surface area contributed by atoms with Crippen LogP contribution >= 0.6 is 0 Å². The quantitative estimate of drug-likeness (QED) is 0.750. The normalized spacial score (nSPS) is 20.9. The summed E-state index contributed by atoms with van der Waals surface area (Å²) in [7, 11) is 0. The van der Waals surface area contributed by atoms with Crippen LogP contribution in [0.3, 0.4) is 0 Å². The molecule has 2 heterocycles. The number of hydrogen-bond donors (Lipinski definition) is 2. The molecule has 0 aromatic heterocycles. The molecule has 1 saturated heterocycles. The van der Waals surface area contributed by atoms with Gasteiger partial charge >= 0.3 is 0 Å². The third kappa shape index (κ3) is 1.71. The number of aliphatic imine (C=N–C) groups is 1. The highest BCUT2D eigenvalue weighted by atomic mass is 15.0. The Morgan fingerprint density at radius 1 is 1.12 bits per heavy atom. The van der Waals surface area contributed by atoms with Gasteiger partial charge in [0.25, 0.3) is 0 Å². The summed E-state index contributed by atoms with van der Waals surface area (Å²) in [4.78, 5) is 4.67. The second kappa shape index (κ2) is 4.26. The number of rotatable bonds is 1. The topological polar surface area (TPSA) is 36.4 Å². The minimum Gasteiger partial charge on any atom is -0.366 e. The van der Waals surface area contributed by atoms with E-state index in [9.17, 15) is 0 Å². The zero-order chi connectivity index (χ0) is 10.8. The Bertz CT molecular complexity index is 405. The van der Waals surface area contributed by atoms with Gasteiger partial charge in [-0.2, -0.15) is 0 Å². The molecule has 84 valence electrons. The van der Waals surface area contributed by atoms with Gasteiger partial charge in [0.1, 0.15) is 6.67 Å². The molecule has 0 atom stereocenters. The fourth-order valence-electron chi connectivity index (χ4n) is 2.60. The van der Waals surface area contributed by atoms with Crippen LogP contribution in [0, 0.1) is 5.92 Å². The summed E-state index contributed by atoms with van der Waals surface area (Å²) < 4.78 is 0. The molecule has 16 heavy (non-hydrogen) atoms. The van der Waals surface area contributed by atoms with Crippen LogP contribution in [0.5, 0.6) is 0 Å². The van der Waals surface area contributed by atoms with E-state index in [-0.39, 0.29) is 0 Å². The summed E-state index contributed by atoms with van der Waals surface area (Å²) in [5.41, 5.74) is 3.86. The number of nitrogens with zero attached hydrogens (tertiary/aromatic N) is 1. The summed E-state index contributed by atoms with van der Waals surface area (Å²) in [6.45, 7) is 2.98. The van der Waals surface area contributed by atoms with Gasteiger partial charge in [0, 0.05) is 22.9 Å². The van der Waals surface area contributed by atoms with Gasteiger partial charge < -0.3 is 10.6 Å². The van der Waals surface area contributed by atoms with Gasteiger partial charge in [0.2, 0.25) is 0 Å². The number of piperidine rings is 1. The molecule has 1 fully saturated rings. The fraction of sp³-hybridized carbons (Fsp3) is 0.462. The highest BCUT2D eigenvalue weighted by Crippen LogP contribution is 2.26. The molecule has 0 saturated carbocycles. The van der Waals surface area contributed by atoms with E-state index < -0.39 is 0 Å². The first-order chi connectivity index (χ1) is 7.95. The highest BCUT2D eigenvalue weighted by Gasteiger charge is 2.23. The molecule has 2 aliphatic heterocycles. The molecular weight excluding hydrogens is 198 g/mol. The first kappa shape index (κ1) is 9.85. The van der Waals surface area contributed by atoms with E-state index in [2.05, 4.69) is 39.9 Å². The Morgan fingerprint density at radius 2 is 1.94 bits per heavy atom. The largest absolute Gasteiger partial charge is 0.366 e. The molecule has 0 radical (unpaired) electrons. The lowest BCUT2D eigenvalue weighted by Gasteiger charge is -2.28. The van der Waals surface area contributed by atoms with Crippen molar-refractivity contribution in [1.82, 2.24) is 5.32 Å². The van der Waals surface area contributed by atoms with E-state index in [1.165, 1.54) is 29.8 Å². The number of para-hydroxylation sites is 1. The first-order valence-corrected chi connectivity index (χ1v) is 6.03. The molecule has 3 nitrogen and oxygen atoms in total. The third-order valence-corrected chi connectivity index (χ3v) is 3.45. The average molecular weight is 215 g/mol. The van der Waals surface area contributed by atoms with Crippen LogP contribution in [-0.2, 0) is 0 Å². The zero-order valence-electron chi connectivity index (χ0n) is 9.37. The predicted octanol–water partition coefficient (Wildman–Crippen LogP) is 1.86. The van der Waals surface area contributed by atoms with Crippen molar-refractivity contribution >= 4 is 11.4 Å². The van der Waals surface area contributed by atoms with E-state index in [1.54, 1.807) is 0 Å². The van der Waals surface area contributed by atoms with E-state index in [4.69, 9.17) is 0 Å². The number of anilines is 1. The molecule has 0 aliphatic carbocycles. The Hall–Kier alpha value is -1.35. The predicted molar refractivity (Wildman–Crippen MR) is 67.1 cm³/mol. The van der Waals surface area contributed by atoms with Crippen LogP contribution in [0.1, 0.15) is 18.4 Å². The Kier molecular flexibility index (Phi) is 2.62. The Balaban J connectivity index is 1.92. The maximum absolute atomic E-state index is 4.67. The monoisotopic (exact) mass is 215 g/mol. The number of hydrogen-bond acceptors (Lipinski definition) is 3. The molecule has 1 aromatic rings. The van der Waals surface area contributed by atoms with E-state index in [0.717, 1.165) is 19.8 Å². The molecule has 2 N–H and O–H groups in total. The fourth-order valence-corrected chi connectivity index (χ4v) is 2.60. The third-order valence-electron chi connectivity index (χ3n) is 3.45. The van der Waals surface area contributed by atoms with Crippen molar-refractivity contribution < 1.29 is 0 Å². The molecule has 0 spiro atoms. The van der Waals surface area contributed by atoms with Crippen molar-refractivity contribution in [3.8, 4) is 0 Å². The zero-order valence-corrected chi connectivity index (χ0v) is 9.37. The molecule has 0 amide bonds. The maximum Gasteiger partial charge on any atom is 0.108 e. The van der Waals surface area contributed by atoms with Gasteiger partial charge in [-0.15, -0.1) is 0 Å². The molecule has 0 bridgehead atoms. The van der Waals surface area contributed by atoms with E-state index in [0.29, 0.717) is 5.92 Å². The van der Waals surface area contributed by atoms with Gasteiger partial charge in [-0.3, -0.25) is 4.99 Å². The van der Waals surface area contributed by atoms with Gasteiger partial charge in [-0.1, -0.05) is 18.2 Å². The smallest absolute Gasteiger partial charge is 0.108 e. The van der Waals surface area contributed by atoms with Crippen molar-refractivity contribution in [3.05, 3.63) is 29.8 Å². The lowest BCUT2D eigenvalue weighted by atomic mass is 9.87. The molecule has 0 unspecified atom stereocenters. The van der Waals surface area contributed by atoms with Crippen molar-refractivity contribution in [2.75, 3.05) is 25.1 Å². The van der Waals surface area contributed by atoms with Gasteiger partial charge in [0.05, 0.1) is 0 Å². The van der Waals surface area contributed by atoms with Crippen LogP contribution in [0.15, 0.2) is 29.3 Å². The minimum atomic E-state index is 0.643. The summed E-state index contributed by atoms with van der Waals surface area (Å²) in [5, 5.41) is 6.74. The van der Waals surface area contributed by atoms with Crippen molar-refractivity contribution in [3.63, 3.8) is 0 Å². The van der Waals surface area contributed by atoms with Gasteiger partial charge in [-0.25, -0.2) is 0 Å². The molecule has 1 aromatic carbocycles. The number of nitrogens with one attached hydrogen (secondary N) is 2. The average Bonchev–Trinajstić information content (AvgIpc) is 2.39. The van der Waals surface area contributed by atoms with Crippen LogP contribution in [0.4, 0.5) is 5.69 Å². The number of benzene rings is 1. The second-order valence-electron chi connectivity index (χ2n) is 4.45. The van der Waals surface area contributed by atoms with Gasteiger partial charge in [0.15, 0.2) is 0 Å². The summed E-state index contributed by atoms with van der Waals surface area (Å²) in [6, 6.07) is 8.51. The Labute approximate surface area is 96.0 Å². The molecule has 3 heteroatoms. The minimum absolute atomic E-state index is 0.643. The summed E-state index contributed by atoms with van der Waals surface area (Å²) in [5.74, 6) is 0.643. The lowest BCUT2D eigenvalue weighted by molar-refractivity contribution is 0.456. The van der Waals surface area contributed by atoms with Crippen LogP contribution in [-0.4, -0.2) is 25.5 Å². The lowest BCUT2D eigenvalue weighted by Crippen LogP contribution is -2.33. The van der Waals surface area contributed by atoms with Crippen molar-refractivity contribution in [2.24, 2.45) is 10.9 Å². The molecule has 3 rings (SSSR count). The summed E-state index contributed by atoms with van der Waals surface area (Å²) in [6.07, 6.45) is 2.43. The van der Waals surface area contributed by atoms with Crippen LogP contribution in [0.2, 0.25) is 0 Å². The Morgan fingerprint density at radius 3 is 2.81 bits per heavy atom. The first-order valence-electron chi connectivity index (χ1n) is 6.03. The van der Waals surface area contributed by atoms with E-state index in [1.807, 2.05) is 0 Å². The van der Waals surface area contributed by atoms with Crippen molar-refractivity contribution in [2.45, 2.75) is 12.8 Å². The van der Waals surface area contributed by atoms with Crippen LogP contribution < -0.4 is 10.6 Å².